The Labute approximate surface area is 104 Å². The van der Waals surface area contributed by atoms with Crippen LogP contribution in [0, 0.1) is 0 Å². The SMILES string of the molecule is CC(C)(C)c1nnc(NCc2ccco2)[nH]c1=O. The standard InChI is InChI=1S/C12H16N4O2/c1-12(2,3)9-10(17)14-11(16-15-9)13-7-8-5-4-6-18-8/h4-6H,7H2,1-3H3,(H2,13,14,16,17). The van der Waals surface area contributed by atoms with Crippen molar-refractivity contribution >= 4 is 5.95 Å². The molecule has 0 aromatic carbocycles. The van der Waals surface area contributed by atoms with Crippen LogP contribution in [0.1, 0.15) is 32.2 Å². The van der Waals surface area contributed by atoms with Crippen molar-refractivity contribution < 1.29 is 4.42 Å². The van der Waals surface area contributed by atoms with E-state index in [9.17, 15) is 4.79 Å². The highest BCUT2D eigenvalue weighted by Crippen LogP contribution is 2.15. The van der Waals surface area contributed by atoms with Gasteiger partial charge < -0.3 is 9.73 Å². The Morgan fingerprint density at radius 3 is 2.72 bits per heavy atom. The van der Waals surface area contributed by atoms with Crippen LogP contribution >= 0.6 is 0 Å². The van der Waals surface area contributed by atoms with Gasteiger partial charge in [0.1, 0.15) is 11.5 Å². The van der Waals surface area contributed by atoms with Gasteiger partial charge in [0, 0.05) is 5.41 Å². The zero-order valence-corrected chi connectivity index (χ0v) is 10.7. The van der Waals surface area contributed by atoms with E-state index in [1.165, 1.54) is 0 Å². The summed E-state index contributed by atoms with van der Waals surface area (Å²) < 4.78 is 5.16. The first-order valence-corrected chi connectivity index (χ1v) is 5.70. The lowest BCUT2D eigenvalue weighted by Crippen LogP contribution is -2.28. The fourth-order valence-electron chi connectivity index (χ4n) is 1.49. The number of rotatable bonds is 3. The second-order valence-electron chi connectivity index (χ2n) is 5.03. The van der Waals surface area contributed by atoms with Crippen molar-refractivity contribution in [2.24, 2.45) is 0 Å². The van der Waals surface area contributed by atoms with Crippen molar-refractivity contribution in [2.75, 3.05) is 5.32 Å². The lowest BCUT2D eigenvalue weighted by Gasteiger charge is -2.15. The molecule has 0 amide bonds. The van der Waals surface area contributed by atoms with Crippen molar-refractivity contribution in [1.82, 2.24) is 15.2 Å². The zero-order valence-electron chi connectivity index (χ0n) is 10.7. The van der Waals surface area contributed by atoms with Crippen LogP contribution in [0.25, 0.3) is 0 Å². The molecule has 6 heteroatoms. The van der Waals surface area contributed by atoms with E-state index in [1.807, 2.05) is 26.8 Å². The summed E-state index contributed by atoms with van der Waals surface area (Å²) >= 11 is 0. The summed E-state index contributed by atoms with van der Waals surface area (Å²) in [5, 5.41) is 10.9. The lowest BCUT2D eigenvalue weighted by atomic mass is 9.93. The summed E-state index contributed by atoms with van der Waals surface area (Å²) in [5.74, 6) is 1.10. The summed E-state index contributed by atoms with van der Waals surface area (Å²) in [6.07, 6.45) is 1.59. The fraction of sp³-hybridized carbons (Fsp3) is 0.417. The average molecular weight is 248 g/mol. The maximum atomic E-state index is 11.8. The van der Waals surface area contributed by atoms with Crippen LogP contribution < -0.4 is 10.9 Å². The molecule has 0 fully saturated rings. The minimum absolute atomic E-state index is 0.223. The van der Waals surface area contributed by atoms with E-state index in [2.05, 4.69) is 20.5 Å². The summed E-state index contributed by atoms with van der Waals surface area (Å²) in [6, 6.07) is 3.64. The Morgan fingerprint density at radius 1 is 1.39 bits per heavy atom. The summed E-state index contributed by atoms with van der Waals surface area (Å²) in [7, 11) is 0. The van der Waals surface area contributed by atoms with Crippen LogP contribution in [-0.4, -0.2) is 15.2 Å². The predicted molar refractivity (Wildman–Crippen MR) is 67.4 cm³/mol. The average Bonchev–Trinajstić information content (AvgIpc) is 2.77. The minimum Gasteiger partial charge on any atom is -0.467 e. The van der Waals surface area contributed by atoms with Gasteiger partial charge in [-0.1, -0.05) is 20.8 Å². The summed E-state index contributed by atoms with van der Waals surface area (Å²) in [6.45, 7) is 6.21. The molecule has 96 valence electrons. The minimum atomic E-state index is -0.319. The molecular formula is C12H16N4O2. The fourth-order valence-corrected chi connectivity index (χ4v) is 1.49. The van der Waals surface area contributed by atoms with E-state index < -0.39 is 0 Å². The molecule has 0 aliphatic heterocycles. The highest BCUT2D eigenvalue weighted by atomic mass is 16.3. The number of nitrogens with one attached hydrogen (secondary N) is 2. The van der Waals surface area contributed by atoms with Gasteiger partial charge in [-0.3, -0.25) is 9.78 Å². The molecule has 2 heterocycles. The van der Waals surface area contributed by atoms with Crippen molar-refractivity contribution in [1.29, 1.82) is 0 Å². The maximum absolute atomic E-state index is 11.8. The van der Waals surface area contributed by atoms with Crippen LogP contribution in [0.4, 0.5) is 5.95 Å². The van der Waals surface area contributed by atoms with E-state index in [4.69, 9.17) is 4.42 Å². The van der Waals surface area contributed by atoms with Gasteiger partial charge in [0.25, 0.3) is 5.56 Å². The van der Waals surface area contributed by atoms with Crippen LogP contribution in [0.15, 0.2) is 27.6 Å². The summed E-state index contributed by atoms with van der Waals surface area (Å²) in [5.41, 5.74) is -0.120. The zero-order chi connectivity index (χ0) is 13.2. The predicted octanol–water partition coefficient (Wildman–Crippen LogP) is 1.67. The molecule has 0 aliphatic carbocycles. The third-order valence-electron chi connectivity index (χ3n) is 2.42. The van der Waals surface area contributed by atoms with Gasteiger partial charge in [0.05, 0.1) is 12.8 Å². The number of aromatic amines is 1. The van der Waals surface area contributed by atoms with Gasteiger partial charge in [-0.15, -0.1) is 10.2 Å². The molecule has 0 unspecified atom stereocenters. The molecule has 0 atom stereocenters. The largest absolute Gasteiger partial charge is 0.467 e. The number of hydrogen-bond donors (Lipinski definition) is 2. The highest BCUT2D eigenvalue weighted by Gasteiger charge is 2.20. The second-order valence-corrected chi connectivity index (χ2v) is 5.03. The molecule has 18 heavy (non-hydrogen) atoms. The van der Waals surface area contributed by atoms with E-state index in [0.29, 0.717) is 18.2 Å². The Bertz CT molecular complexity index is 567. The molecular weight excluding hydrogens is 232 g/mol. The van der Waals surface area contributed by atoms with Gasteiger partial charge >= 0.3 is 0 Å². The molecule has 0 saturated heterocycles. The van der Waals surface area contributed by atoms with Gasteiger partial charge in [-0.25, -0.2) is 0 Å². The van der Waals surface area contributed by atoms with Crippen LogP contribution in [0.5, 0.6) is 0 Å². The molecule has 0 radical (unpaired) electrons. The first kappa shape index (κ1) is 12.3. The molecule has 2 N–H and O–H groups in total. The van der Waals surface area contributed by atoms with Crippen molar-refractivity contribution in [3.8, 4) is 0 Å². The molecule has 0 saturated carbocycles. The molecule has 2 aromatic rings. The van der Waals surface area contributed by atoms with Gasteiger partial charge in [-0.05, 0) is 12.1 Å². The Kier molecular flexibility index (Phi) is 3.18. The number of aromatic nitrogens is 3. The monoisotopic (exact) mass is 248 g/mol. The van der Waals surface area contributed by atoms with Gasteiger partial charge in [-0.2, -0.15) is 0 Å². The number of hydrogen-bond acceptors (Lipinski definition) is 5. The topological polar surface area (TPSA) is 83.8 Å². The van der Waals surface area contributed by atoms with Crippen LogP contribution in [-0.2, 0) is 12.0 Å². The number of anilines is 1. The number of furan rings is 1. The maximum Gasteiger partial charge on any atom is 0.274 e. The van der Waals surface area contributed by atoms with Gasteiger partial charge in [0.15, 0.2) is 0 Å². The third kappa shape index (κ3) is 2.77. The third-order valence-corrected chi connectivity index (χ3v) is 2.42. The van der Waals surface area contributed by atoms with Crippen molar-refractivity contribution in [2.45, 2.75) is 32.7 Å². The Balaban J connectivity index is 2.12. The Morgan fingerprint density at radius 2 is 2.17 bits per heavy atom. The van der Waals surface area contributed by atoms with E-state index in [1.54, 1.807) is 12.3 Å². The van der Waals surface area contributed by atoms with E-state index in [0.717, 1.165) is 5.76 Å². The van der Waals surface area contributed by atoms with Crippen LogP contribution in [0.3, 0.4) is 0 Å². The molecule has 0 aliphatic rings. The quantitative estimate of drug-likeness (QED) is 0.863. The normalized spacial score (nSPS) is 11.5. The van der Waals surface area contributed by atoms with E-state index in [-0.39, 0.29) is 11.0 Å². The molecule has 2 rings (SSSR count). The molecule has 6 nitrogen and oxygen atoms in total. The lowest BCUT2D eigenvalue weighted by molar-refractivity contribution is 0.516. The first-order chi connectivity index (χ1) is 8.47. The highest BCUT2D eigenvalue weighted by molar-refractivity contribution is 5.24. The number of H-pyrrole nitrogens is 1. The first-order valence-electron chi connectivity index (χ1n) is 5.70. The van der Waals surface area contributed by atoms with E-state index >= 15 is 0 Å². The number of nitrogens with zero attached hydrogens (tertiary/aromatic N) is 2. The van der Waals surface area contributed by atoms with Gasteiger partial charge in [0.2, 0.25) is 5.95 Å². The van der Waals surface area contributed by atoms with Crippen molar-refractivity contribution in [3.63, 3.8) is 0 Å². The molecule has 0 bridgehead atoms. The van der Waals surface area contributed by atoms with Crippen LogP contribution in [0.2, 0.25) is 0 Å². The Hall–Kier alpha value is -2.11. The molecule has 0 spiro atoms. The van der Waals surface area contributed by atoms with Crippen molar-refractivity contribution in [3.05, 3.63) is 40.2 Å². The molecule has 2 aromatic heterocycles. The summed E-state index contributed by atoms with van der Waals surface area (Å²) in [4.78, 5) is 14.5. The smallest absolute Gasteiger partial charge is 0.274 e. The second kappa shape index (κ2) is 4.64.